The number of piperidine rings is 1. The highest BCUT2D eigenvalue weighted by atomic mass is 15.2. The predicted molar refractivity (Wildman–Crippen MR) is 72.3 cm³/mol. The van der Waals surface area contributed by atoms with Crippen LogP contribution >= 0.6 is 0 Å². The van der Waals surface area contributed by atoms with E-state index in [4.69, 9.17) is 5.73 Å². The van der Waals surface area contributed by atoms with E-state index < -0.39 is 0 Å². The second kappa shape index (κ2) is 5.50. The number of nitrogens with zero attached hydrogens (tertiary/aromatic N) is 2. The molecule has 1 fully saturated rings. The lowest BCUT2D eigenvalue weighted by Crippen LogP contribution is -2.30. The Bertz CT molecular complexity index is 370. The van der Waals surface area contributed by atoms with Gasteiger partial charge in [-0.2, -0.15) is 0 Å². The molecule has 1 atom stereocenters. The SMILES string of the molecule is CCC(N)c1cnc(N2CCCCC2)c(C)c1. The topological polar surface area (TPSA) is 42.1 Å². The smallest absolute Gasteiger partial charge is 0.131 e. The van der Waals surface area contributed by atoms with Crippen molar-refractivity contribution < 1.29 is 0 Å². The maximum Gasteiger partial charge on any atom is 0.131 e. The largest absolute Gasteiger partial charge is 0.356 e. The van der Waals surface area contributed by atoms with E-state index in [9.17, 15) is 0 Å². The summed E-state index contributed by atoms with van der Waals surface area (Å²) in [5.41, 5.74) is 8.45. The zero-order valence-electron chi connectivity index (χ0n) is 10.9. The Hall–Kier alpha value is -1.09. The van der Waals surface area contributed by atoms with E-state index in [0.29, 0.717) is 0 Å². The highest BCUT2D eigenvalue weighted by molar-refractivity contribution is 5.48. The molecule has 0 saturated carbocycles. The monoisotopic (exact) mass is 233 g/mol. The van der Waals surface area contributed by atoms with Crippen LogP contribution in [0, 0.1) is 6.92 Å². The molecule has 2 rings (SSSR count). The number of aromatic nitrogens is 1. The Labute approximate surface area is 104 Å². The van der Waals surface area contributed by atoms with Crippen molar-refractivity contribution >= 4 is 5.82 Å². The first-order valence-electron chi connectivity index (χ1n) is 6.69. The van der Waals surface area contributed by atoms with Gasteiger partial charge in [0.25, 0.3) is 0 Å². The zero-order valence-corrected chi connectivity index (χ0v) is 10.9. The van der Waals surface area contributed by atoms with Crippen molar-refractivity contribution in [3.05, 3.63) is 23.4 Å². The van der Waals surface area contributed by atoms with Crippen LogP contribution in [0.25, 0.3) is 0 Å². The molecule has 3 nitrogen and oxygen atoms in total. The quantitative estimate of drug-likeness (QED) is 0.873. The lowest BCUT2D eigenvalue weighted by atomic mass is 10.0. The zero-order chi connectivity index (χ0) is 12.3. The second-order valence-corrected chi connectivity index (χ2v) is 4.97. The molecule has 1 unspecified atom stereocenters. The first-order valence-corrected chi connectivity index (χ1v) is 6.69. The molecule has 0 bridgehead atoms. The van der Waals surface area contributed by atoms with Crippen molar-refractivity contribution in [2.45, 2.75) is 45.6 Å². The van der Waals surface area contributed by atoms with Crippen molar-refractivity contribution in [2.75, 3.05) is 18.0 Å². The van der Waals surface area contributed by atoms with E-state index in [2.05, 4.69) is 29.8 Å². The number of hydrogen-bond donors (Lipinski definition) is 1. The molecule has 0 aliphatic carbocycles. The van der Waals surface area contributed by atoms with E-state index in [0.717, 1.165) is 30.9 Å². The molecular weight excluding hydrogens is 210 g/mol. The van der Waals surface area contributed by atoms with Crippen LogP contribution in [0.5, 0.6) is 0 Å². The van der Waals surface area contributed by atoms with Gasteiger partial charge in [0, 0.05) is 25.3 Å². The average Bonchev–Trinajstić information content (AvgIpc) is 2.38. The predicted octanol–water partition coefficient (Wildman–Crippen LogP) is 2.79. The third-order valence-electron chi connectivity index (χ3n) is 3.60. The molecule has 1 saturated heterocycles. The minimum absolute atomic E-state index is 0.122. The Morgan fingerprint density at radius 1 is 1.35 bits per heavy atom. The van der Waals surface area contributed by atoms with Crippen molar-refractivity contribution in [2.24, 2.45) is 5.73 Å². The Balaban J connectivity index is 2.18. The van der Waals surface area contributed by atoms with Crippen molar-refractivity contribution in [1.29, 1.82) is 0 Å². The van der Waals surface area contributed by atoms with Gasteiger partial charge in [0.1, 0.15) is 5.82 Å². The summed E-state index contributed by atoms with van der Waals surface area (Å²) in [6, 6.07) is 2.32. The van der Waals surface area contributed by atoms with Gasteiger partial charge in [-0.05, 0) is 49.8 Å². The number of nitrogens with two attached hydrogens (primary N) is 1. The van der Waals surface area contributed by atoms with Crippen LogP contribution in [0.1, 0.15) is 49.8 Å². The van der Waals surface area contributed by atoms with Crippen LogP contribution in [0.4, 0.5) is 5.82 Å². The molecule has 0 radical (unpaired) electrons. The van der Waals surface area contributed by atoms with Gasteiger partial charge < -0.3 is 10.6 Å². The summed E-state index contributed by atoms with van der Waals surface area (Å²) in [4.78, 5) is 7.02. The number of aryl methyl sites for hydroxylation is 1. The van der Waals surface area contributed by atoms with Gasteiger partial charge in [-0.25, -0.2) is 4.98 Å². The van der Waals surface area contributed by atoms with Gasteiger partial charge in [0.05, 0.1) is 0 Å². The standard InChI is InChI=1S/C14H23N3/c1-3-13(15)12-9-11(2)14(16-10-12)17-7-5-4-6-8-17/h9-10,13H,3-8,15H2,1-2H3. The van der Waals surface area contributed by atoms with Crippen LogP contribution in [0.3, 0.4) is 0 Å². The first-order chi connectivity index (χ1) is 8.22. The fraction of sp³-hybridized carbons (Fsp3) is 0.643. The molecule has 3 heteroatoms. The third kappa shape index (κ3) is 2.78. The average molecular weight is 233 g/mol. The molecule has 1 aliphatic rings. The number of pyridine rings is 1. The van der Waals surface area contributed by atoms with Crippen LogP contribution in [-0.4, -0.2) is 18.1 Å². The summed E-state index contributed by atoms with van der Waals surface area (Å²) in [5, 5.41) is 0. The normalized spacial score (nSPS) is 18.2. The highest BCUT2D eigenvalue weighted by Gasteiger charge is 2.15. The van der Waals surface area contributed by atoms with Gasteiger partial charge in [-0.15, -0.1) is 0 Å². The number of rotatable bonds is 3. The molecule has 0 spiro atoms. The lowest BCUT2D eigenvalue weighted by Gasteiger charge is -2.29. The molecule has 2 heterocycles. The summed E-state index contributed by atoms with van der Waals surface area (Å²) < 4.78 is 0. The molecule has 1 aromatic heterocycles. The van der Waals surface area contributed by atoms with E-state index in [-0.39, 0.29) is 6.04 Å². The van der Waals surface area contributed by atoms with Crippen molar-refractivity contribution in [1.82, 2.24) is 4.98 Å². The summed E-state index contributed by atoms with van der Waals surface area (Å²) in [6.07, 6.45) is 6.85. The Kier molecular flexibility index (Phi) is 4.00. The lowest BCUT2D eigenvalue weighted by molar-refractivity contribution is 0.572. The minimum Gasteiger partial charge on any atom is -0.356 e. The number of hydrogen-bond acceptors (Lipinski definition) is 3. The summed E-state index contributed by atoms with van der Waals surface area (Å²) in [7, 11) is 0. The van der Waals surface area contributed by atoms with E-state index in [1.807, 2.05) is 6.20 Å². The highest BCUT2D eigenvalue weighted by Crippen LogP contribution is 2.24. The second-order valence-electron chi connectivity index (χ2n) is 4.97. The molecular formula is C14H23N3. The molecule has 0 amide bonds. The molecule has 1 aromatic rings. The van der Waals surface area contributed by atoms with Gasteiger partial charge >= 0.3 is 0 Å². The third-order valence-corrected chi connectivity index (χ3v) is 3.60. The van der Waals surface area contributed by atoms with Crippen molar-refractivity contribution in [3.8, 4) is 0 Å². The summed E-state index contributed by atoms with van der Waals surface area (Å²) in [5.74, 6) is 1.15. The molecule has 94 valence electrons. The van der Waals surface area contributed by atoms with E-state index in [1.165, 1.54) is 24.8 Å². The summed E-state index contributed by atoms with van der Waals surface area (Å²) >= 11 is 0. The van der Waals surface area contributed by atoms with E-state index >= 15 is 0 Å². The minimum atomic E-state index is 0.122. The van der Waals surface area contributed by atoms with Gasteiger partial charge in [0.2, 0.25) is 0 Å². The number of anilines is 1. The first kappa shape index (κ1) is 12.4. The Morgan fingerprint density at radius 3 is 2.65 bits per heavy atom. The fourth-order valence-electron chi connectivity index (χ4n) is 2.46. The van der Waals surface area contributed by atoms with Crippen LogP contribution in [-0.2, 0) is 0 Å². The maximum absolute atomic E-state index is 6.04. The van der Waals surface area contributed by atoms with Crippen molar-refractivity contribution in [3.63, 3.8) is 0 Å². The molecule has 17 heavy (non-hydrogen) atoms. The van der Waals surface area contributed by atoms with E-state index in [1.54, 1.807) is 0 Å². The molecule has 1 aliphatic heterocycles. The fourth-order valence-corrected chi connectivity index (χ4v) is 2.46. The van der Waals surface area contributed by atoms with Crippen LogP contribution in [0.2, 0.25) is 0 Å². The van der Waals surface area contributed by atoms with Crippen LogP contribution < -0.4 is 10.6 Å². The maximum atomic E-state index is 6.04. The molecule has 0 aromatic carbocycles. The Morgan fingerprint density at radius 2 is 2.06 bits per heavy atom. The van der Waals surface area contributed by atoms with Gasteiger partial charge in [-0.3, -0.25) is 0 Å². The van der Waals surface area contributed by atoms with Crippen LogP contribution in [0.15, 0.2) is 12.3 Å². The molecule has 2 N–H and O–H groups in total. The van der Waals surface area contributed by atoms with Gasteiger partial charge in [-0.1, -0.05) is 6.92 Å². The van der Waals surface area contributed by atoms with Gasteiger partial charge in [0.15, 0.2) is 0 Å². The summed E-state index contributed by atoms with van der Waals surface area (Å²) in [6.45, 7) is 6.54.